The highest BCUT2D eigenvalue weighted by molar-refractivity contribution is 7.90. The summed E-state index contributed by atoms with van der Waals surface area (Å²) in [5.74, 6) is 0.857. The normalized spacial score (nSPS) is 17.1. The number of piperidine rings is 1. The molecule has 0 amide bonds. The second-order valence-corrected chi connectivity index (χ2v) is 11.3. The first kappa shape index (κ1) is 23.0. The monoisotopic (exact) mass is 477 g/mol. The van der Waals surface area contributed by atoms with Crippen molar-refractivity contribution in [3.63, 3.8) is 0 Å². The van der Waals surface area contributed by atoms with Crippen LogP contribution in [0.3, 0.4) is 0 Å². The summed E-state index contributed by atoms with van der Waals surface area (Å²) < 4.78 is 23.8. The zero-order valence-corrected chi connectivity index (χ0v) is 20.3. The van der Waals surface area contributed by atoms with Gasteiger partial charge in [0.15, 0.2) is 9.84 Å². The van der Waals surface area contributed by atoms with Crippen LogP contribution < -0.4 is 10.2 Å². The van der Waals surface area contributed by atoms with Crippen LogP contribution in [0.2, 0.25) is 0 Å². The van der Waals surface area contributed by atoms with Crippen LogP contribution in [0, 0.1) is 0 Å². The van der Waals surface area contributed by atoms with Crippen molar-refractivity contribution in [3.8, 4) is 0 Å². The maximum atomic E-state index is 11.9. The van der Waals surface area contributed by atoms with E-state index in [9.17, 15) is 8.42 Å². The Balaban J connectivity index is 1.17. The van der Waals surface area contributed by atoms with Crippen LogP contribution in [0.1, 0.15) is 29.7 Å². The highest BCUT2D eigenvalue weighted by atomic mass is 32.2. The van der Waals surface area contributed by atoms with Gasteiger partial charge in [-0.2, -0.15) is 0 Å². The van der Waals surface area contributed by atoms with Crippen molar-refractivity contribution in [3.05, 3.63) is 77.7 Å². The van der Waals surface area contributed by atoms with Crippen LogP contribution in [0.5, 0.6) is 0 Å². The summed E-state index contributed by atoms with van der Waals surface area (Å²) in [6.07, 6.45) is 5.94. The Labute approximate surface area is 201 Å². The Bertz CT molecular complexity index is 1240. The maximum absolute atomic E-state index is 11.9. The Morgan fingerprint density at radius 2 is 1.79 bits per heavy atom. The Morgan fingerprint density at radius 3 is 2.56 bits per heavy atom. The summed E-state index contributed by atoms with van der Waals surface area (Å²) in [4.78, 5) is 14.0. The van der Waals surface area contributed by atoms with Crippen molar-refractivity contribution in [1.29, 1.82) is 0 Å². The zero-order chi connectivity index (χ0) is 23.5. The lowest BCUT2D eigenvalue weighted by Gasteiger charge is -2.32. The third-order valence-electron chi connectivity index (χ3n) is 6.77. The molecule has 3 heterocycles. The molecule has 0 spiro atoms. The molecule has 1 aromatic heterocycles. The van der Waals surface area contributed by atoms with Gasteiger partial charge in [-0.15, -0.1) is 0 Å². The second-order valence-electron chi connectivity index (χ2n) is 9.25. The molecule has 8 heteroatoms. The van der Waals surface area contributed by atoms with Crippen molar-refractivity contribution < 1.29 is 8.42 Å². The second kappa shape index (κ2) is 9.82. The maximum Gasteiger partial charge on any atom is 0.175 e. The molecular weight excluding hydrogens is 446 g/mol. The van der Waals surface area contributed by atoms with Gasteiger partial charge in [-0.05, 0) is 61.7 Å². The van der Waals surface area contributed by atoms with Crippen LogP contribution in [0.25, 0.3) is 0 Å². The number of fused-ring (bicyclic) bond motifs is 1. The third kappa shape index (κ3) is 5.29. The highest BCUT2D eigenvalue weighted by Crippen LogP contribution is 2.35. The number of aromatic nitrogens is 2. The van der Waals surface area contributed by atoms with Gasteiger partial charge in [0.2, 0.25) is 0 Å². The largest absolute Gasteiger partial charge is 0.326 e. The van der Waals surface area contributed by atoms with Crippen molar-refractivity contribution in [2.45, 2.75) is 43.3 Å². The average molecular weight is 478 g/mol. The van der Waals surface area contributed by atoms with E-state index in [-0.39, 0.29) is 0 Å². The molecule has 0 radical (unpaired) electrons. The molecule has 2 aromatic carbocycles. The van der Waals surface area contributed by atoms with Crippen molar-refractivity contribution in [2.24, 2.45) is 0 Å². The fourth-order valence-corrected chi connectivity index (χ4v) is 5.53. The smallest absolute Gasteiger partial charge is 0.175 e. The first-order valence-corrected chi connectivity index (χ1v) is 13.8. The Hall–Kier alpha value is -2.81. The molecule has 1 fully saturated rings. The molecule has 5 rings (SSSR count). The number of benzene rings is 2. The van der Waals surface area contributed by atoms with E-state index >= 15 is 0 Å². The summed E-state index contributed by atoms with van der Waals surface area (Å²) in [6.45, 7) is 4.72. The molecule has 2 aliphatic heterocycles. The van der Waals surface area contributed by atoms with Crippen LogP contribution >= 0.6 is 0 Å². The van der Waals surface area contributed by atoms with E-state index in [4.69, 9.17) is 0 Å². The van der Waals surface area contributed by atoms with E-state index in [2.05, 4.69) is 55.4 Å². The summed E-state index contributed by atoms with van der Waals surface area (Å²) in [7, 11) is -3.21. The molecule has 34 heavy (non-hydrogen) atoms. The number of anilines is 2. The molecule has 2 aliphatic rings. The number of likely N-dealkylation sites (tertiary alicyclic amines) is 1. The fourth-order valence-electron chi connectivity index (χ4n) is 4.86. The van der Waals surface area contributed by atoms with Gasteiger partial charge < -0.3 is 10.2 Å². The molecule has 3 aromatic rings. The zero-order valence-electron chi connectivity index (χ0n) is 19.5. The van der Waals surface area contributed by atoms with Gasteiger partial charge in [0, 0.05) is 43.7 Å². The molecule has 7 nitrogen and oxygen atoms in total. The quantitative estimate of drug-likeness (QED) is 0.559. The van der Waals surface area contributed by atoms with E-state index < -0.39 is 9.84 Å². The minimum absolute atomic E-state index is 0.371. The summed E-state index contributed by atoms with van der Waals surface area (Å²) in [5.41, 5.74) is 4.41. The highest BCUT2D eigenvalue weighted by Gasteiger charge is 2.24. The van der Waals surface area contributed by atoms with Crippen LogP contribution in [-0.2, 0) is 29.3 Å². The molecule has 0 saturated carbocycles. The standard InChI is InChI=1S/C26H31N5O2S/c1-34(32,33)24-7-8-25-21(15-24)9-14-31(25)26-16-23(28-19-29-26)17-27-22-10-12-30(13-11-22)18-20-5-3-2-4-6-20/h2-8,15-16,19,22,27H,9-14,17-18H2,1H3. The van der Waals surface area contributed by atoms with Gasteiger partial charge in [-0.25, -0.2) is 18.4 Å². The van der Waals surface area contributed by atoms with Crippen LogP contribution in [0.4, 0.5) is 11.5 Å². The van der Waals surface area contributed by atoms with E-state index in [1.54, 1.807) is 18.5 Å². The topological polar surface area (TPSA) is 78.4 Å². The minimum Gasteiger partial charge on any atom is -0.326 e. The van der Waals surface area contributed by atoms with Gasteiger partial charge in [-0.3, -0.25) is 4.90 Å². The Morgan fingerprint density at radius 1 is 1.00 bits per heavy atom. The predicted molar refractivity (Wildman–Crippen MR) is 134 cm³/mol. The Kier molecular flexibility index (Phi) is 6.63. The lowest BCUT2D eigenvalue weighted by molar-refractivity contribution is 0.190. The lowest BCUT2D eigenvalue weighted by atomic mass is 10.0. The van der Waals surface area contributed by atoms with Crippen molar-refractivity contribution in [2.75, 3.05) is 30.8 Å². The number of nitrogens with zero attached hydrogens (tertiary/aromatic N) is 4. The number of hydrogen-bond donors (Lipinski definition) is 1. The summed E-state index contributed by atoms with van der Waals surface area (Å²) in [5, 5.41) is 3.68. The SMILES string of the molecule is CS(=O)(=O)c1ccc2c(c1)CCN2c1cc(CNC2CCN(Cc3ccccc3)CC2)ncn1. The van der Waals surface area contributed by atoms with E-state index in [0.29, 0.717) is 17.5 Å². The number of hydrogen-bond acceptors (Lipinski definition) is 7. The van der Waals surface area contributed by atoms with E-state index in [1.807, 2.05) is 12.1 Å². The van der Waals surface area contributed by atoms with Gasteiger partial charge in [0.1, 0.15) is 12.1 Å². The summed E-state index contributed by atoms with van der Waals surface area (Å²) >= 11 is 0. The van der Waals surface area contributed by atoms with Crippen molar-refractivity contribution in [1.82, 2.24) is 20.2 Å². The van der Waals surface area contributed by atoms with E-state index in [1.165, 1.54) is 11.8 Å². The lowest BCUT2D eigenvalue weighted by Crippen LogP contribution is -2.42. The minimum atomic E-state index is -3.21. The predicted octanol–water partition coefficient (Wildman–Crippen LogP) is 3.33. The third-order valence-corrected chi connectivity index (χ3v) is 7.88. The molecule has 1 saturated heterocycles. The molecule has 0 atom stereocenters. The molecule has 0 bridgehead atoms. The van der Waals surface area contributed by atoms with Crippen molar-refractivity contribution >= 4 is 21.3 Å². The number of nitrogens with one attached hydrogen (secondary N) is 1. The first-order valence-electron chi connectivity index (χ1n) is 11.9. The van der Waals surface area contributed by atoms with Crippen LogP contribution in [0.15, 0.2) is 65.8 Å². The molecule has 178 valence electrons. The average Bonchev–Trinajstić information content (AvgIpc) is 3.27. The van der Waals surface area contributed by atoms with Gasteiger partial charge in [0.05, 0.1) is 10.6 Å². The van der Waals surface area contributed by atoms with E-state index in [0.717, 1.165) is 68.2 Å². The summed E-state index contributed by atoms with van der Waals surface area (Å²) in [6, 6.07) is 18.6. The molecular formula is C26H31N5O2S. The number of sulfone groups is 1. The molecule has 1 N–H and O–H groups in total. The fraction of sp³-hybridized carbons (Fsp3) is 0.385. The van der Waals surface area contributed by atoms with Gasteiger partial charge in [-0.1, -0.05) is 30.3 Å². The number of rotatable bonds is 7. The first-order chi connectivity index (χ1) is 16.5. The van der Waals surface area contributed by atoms with Gasteiger partial charge in [0.25, 0.3) is 0 Å². The van der Waals surface area contributed by atoms with Crippen LogP contribution in [-0.4, -0.2) is 55.2 Å². The van der Waals surface area contributed by atoms with Gasteiger partial charge >= 0.3 is 0 Å². The molecule has 0 unspecified atom stereocenters. The molecule has 0 aliphatic carbocycles.